The van der Waals surface area contributed by atoms with Crippen LogP contribution in [0.25, 0.3) is 5.57 Å². The van der Waals surface area contributed by atoms with Gasteiger partial charge in [-0.05, 0) is 30.5 Å². The van der Waals surface area contributed by atoms with Crippen LogP contribution in [0, 0.1) is 0 Å². The second-order valence-corrected chi connectivity index (χ2v) is 4.94. The van der Waals surface area contributed by atoms with Gasteiger partial charge < -0.3 is 5.32 Å². The quantitative estimate of drug-likeness (QED) is 0.831. The molecule has 106 valence electrons. The van der Waals surface area contributed by atoms with Crippen LogP contribution in [0.4, 0.5) is 0 Å². The van der Waals surface area contributed by atoms with E-state index in [1.54, 1.807) is 12.3 Å². The molecule has 0 spiro atoms. The van der Waals surface area contributed by atoms with E-state index in [0.29, 0.717) is 6.54 Å². The summed E-state index contributed by atoms with van der Waals surface area (Å²) in [4.78, 5) is 18.4. The van der Waals surface area contributed by atoms with Gasteiger partial charge in [0.15, 0.2) is 0 Å². The monoisotopic (exact) mass is 271 g/mol. The highest BCUT2D eigenvalue weighted by Gasteiger charge is 2.23. The zero-order valence-corrected chi connectivity index (χ0v) is 11.9. The van der Waals surface area contributed by atoms with Crippen molar-refractivity contribution >= 4 is 11.5 Å². The number of pyridine rings is 1. The van der Waals surface area contributed by atoms with Gasteiger partial charge in [0.2, 0.25) is 5.91 Å². The first-order valence-corrected chi connectivity index (χ1v) is 6.94. The molecule has 1 amide bonds. The molecule has 2 rings (SSSR count). The molecule has 0 saturated carbocycles. The Balaban J connectivity index is 2.00. The van der Waals surface area contributed by atoms with Gasteiger partial charge in [0.1, 0.15) is 0 Å². The summed E-state index contributed by atoms with van der Waals surface area (Å²) in [5.74, 6) is 0.0531. The van der Waals surface area contributed by atoms with Gasteiger partial charge in [0.25, 0.3) is 0 Å². The van der Waals surface area contributed by atoms with E-state index in [2.05, 4.69) is 33.9 Å². The van der Waals surface area contributed by atoms with E-state index in [-0.39, 0.29) is 11.9 Å². The number of aromatic nitrogens is 1. The molecule has 0 bridgehead atoms. The van der Waals surface area contributed by atoms with Crippen LogP contribution in [0.3, 0.4) is 0 Å². The minimum atomic E-state index is -0.129. The molecule has 1 atom stereocenters. The Bertz CT molecular complexity index is 496. The Hall–Kier alpha value is -1.94. The van der Waals surface area contributed by atoms with Crippen molar-refractivity contribution in [1.29, 1.82) is 0 Å². The molecule has 0 aliphatic carbocycles. The first-order chi connectivity index (χ1) is 9.72. The van der Waals surface area contributed by atoms with Gasteiger partial charge in [0, 0.05) is 32.0 Å². The van der Waals surface area contributed by atoms with Crippen LogP contribution < -0.4 is 5.32 Å². The summed E-state index contributed by atoms with van der Waals surface area (Å²) in [6.07, 6.45) is 8.54. The van der Waals surface area contributed by atoms with Crippen LogP contribution in [0.5, 0.6) is 0 Å². The highest BCUT2D eigenvalue weighted by Crippen LogP contribution is 2.21. The maximum Gasteiger partial charge on any atom is 0.237 e. The number of carbonyl (C=O) groups excluding carboxylic acids is 1. The van der Waals surface area contributed by atoms with Gasteiger partial charge in [0.05, 0.1) is 6.04 Å². The number of carbonyl (C=O) groups is 1. The van der Waals surface area contributed by atoms with Crippen LogP contribution in [0.1, 0.15) is 18.9 Å². The fraction of sp³-hybridized carbons (Fsp3) is 0.375. The average Bonchev–Trinajstić information content (AvgIpc) is 2.53. The third kappa shape index (κ3) is 3.54. The van der Waals surface area contributed by atoms with Gasteiger partial charge in [-0.25, -0.2) is 0 Å². The van der Waals surface area contributed by atoms with Crippen LogP contribution >= 0.6 is 0 Å². The van der Waals surface area contributed by atoms with E-state index in [4.69, 9.17) is 0 Å². The lowest BCUT2D eigenvalue weighted by Crippen LogP contribution is -2.47. The predicted octanol–water partition coefficient (Wildman–Crippen LogP) is 1.86. The van der Waals surface area contributed by atoms with Gasteiger partial charge in [-0.3, -0.25) is 14.7 Å². The Labute approximate surface area is 120 Å². The summed E-state index contributed by atoms with van der Waals surface area (Å²) < 4.78 is 0. The standard InChI is InChI=1S/C16H21N3O/c1-3-8-18-16(20)13(2)19-10-5-7-15(12-19)14-6-4-9-17-11-14/h3-4,6-7,9,11,13H,1,5,8,10,12H2,2H3,(H,18,20)/t13-/m1/s1. The Morgan fingerprint density at radius 1 is 1.65 bits per heavy atom. The van der Waals surface area contributed by atoms with E-state index < -0.39 is 0 Å². The average molecular weight is 271 g/mol. The van der Waals surface area contributed by atoms with E-state index in [0.717, 1.165) is 25.1 Å². The lowest BCUT2D eigenvalue weighted by Gasteiger charge is -2.31. The van der Waals surface area contributed by atoms with Gasteiger partial charge in [-0.2, -0.15) is 0 Å². The molecule has 2 heterocycles. The first-order valence-electron chi connectivity index (χ1n) is 6.94. The van der Waals surface area contributed by atoms with Crippen molar-refractivity contribution in [2.24, 2.45) is 0 Å². The number of hydrogen-bond acceptors (Lipinski definition) is 3. The molecule has 4 nitrogen and oxygen atoms in total. The van der Waals surface area contributed by atoms with Gasteiger partial charge >= 0.3 is 0 Å². The lowest BCUT2D eigenvalue weighted by molar-refractivity contribution is -0.125. The second kappa shape index (κ2) is 7.01. The van der Waals surface area contributed by atoms with Crippen molar-refractivity contribution in [2.75, 3.05) is 19.6 Å². The molecule has 1 aromatic rings. The Morgan fingerprint density at radius 2 is 2.50 bits per heavy atom. The number of amides is 1. The molecule has 0 fully saturated rings. The van der Waals surface area contributed by atoms with Crippen molar-refractivity contribution in [3.8, 4) is 0 Å². The predicted molar refractivity (Wildman–Crippen MR) is 81.1 cm³/mol. The van der Waals surface area contributed by atoms with Gasteiger partial charge in [-0.1, -0.05) is 18.2 Å². The summed E-state index contributed by atoms with van der Waals surface area (Å²) >= 11 is 0. The molecule has 0 unspecified atom stereocenters. The van der Waals surface area contributed by atoms with Crippen LogP contribution in [0.2, 0.25) is 0 Å². The van der Waals surface area contributed by atoms with Gasteiger partial charge in [-0.15, -0.1) is 6.58 Å². The zero-order valence-electron chi connectivity index (χ0n) is 11.9. The number of nitrogens with one attached hydrogen (secondary N) is 1. The first kappa shape index (κ1) is 14.5. The van der Waals surface area contributed by atoms with Crippen molar-refractivity contribution in [1.82, 2.24) is 15.2 Å². The summed E-state index contributed by atoms with van der Waals surface area (Å²) in [5, 5.41) is 2.85. The molecule has 1 N–H and O–H groups in total. The number of rotatable bonds is 5. The minimum absolute atomic E-state index is 0.0531. The van der Waals surface area contributed by atoms with Crippen molar-refractivity contribution in [2.45, 2.75) is 19.4 Å². The molecule has 0 aromatic carbocycles. The summed E-state index contributed by atoms with van der Waals surface area (Å²) in [7, 11) is 0. The molecule has 1 aliphatic rings. The summed E-state index contributed by atoms with van der Waals surface area (Å²) in [6.45, 7) is 7.77. The smallest absolute Gasteiger partial charge is 0.237 e. The van der Waals surface area contributed by atoms with E-state index in [1.165, 1.54) is 5.57 Å². The lowest BCUT2D eigenvalue weighted by atomic mass is 10.0. The summed E-state index contributed by atoms with van der Waals surface area (Å²) in [5.41, 5.74) is 2.38. The Kier molecular flexibility index (Phi) is 5.07. The molecular formula is C16H21N3O. The topological polar surface area (TPSA) is 45.2 Å². The third-order valence-corrected chi connectivity index (χ3v) is 3.56. The molecular weight excluding hydrogens is 250 g/mol. The largest absolute Gasteiger partial charge is 0.351 e. The van der Waals surface area contributed by atoms with Crippen LogP contribution in [0.15, 0.2) is 43.3 Å². The van der Waals surface area contributed by atoms with Crippen molar-refractivity contribution in [3.05, 3.63) is 48.8 Å². The molecule has 1 aromatic heterocycles. The minimum Gasteiger partial charge on any atom is -0.351 e. The molecule has 20 heavy (non-hydrogen) atoms. The van der Waals surface area contributed by atoms with Crippen LogP contribution in [-0.2, 0) is 4.79 Å². The molecule has 4 heteroatoms. The molecule has 0 radical (unpaired) electrons. The fourth-order valence-corrected chi connectivity index (χ4v) is 2.35. The van der Waals surface area contributed by atoms with E-state index >= 15 is 0 Å². The van der Waals surface area contributed by atoms with Crippen molar-refractivity contribution < 1.29 is 4.79 Å². The SMILES string of the molecule is C=CCNC(=O)[C@@H](C)N1CCC=C(c2cccnc2)C1. The number of hydrogen-bond donors (Lipinski definition) is 1. The maximum absolute atomic E-state index is 12.0. The highest BCUT2D eigenvalue weighted by molar-refractivity contribution is 5.82. The Morgan fingerprint density at radius 3 is 3.20 bits per heavy atom. The normalized spacial score (nSPS) is 17.1. The zero-order chi connectivity index (χ0) is 14.4. The highest BCUT2D eigenvalue weighted by atomic mass is 16.2. The summed E-state index contributed by atoms with van der Waals surface area (Å²) in [6, 6.07) is 3.87. The second-order valence-electron chi connectivity index (χ2n) is 4.94. The van der Waals surface area contributed by atoms with E-state index in [9.17, 15) is 4.79 Å². The molecule has 1 aliphatic heterocycles. The number of nitrogens with zero attached hydrogens (tertiary/aromatic N) is 2. The third-order valence-electron chi connectivity index (χ3n) is 3.56. The molecule has 0 saturated heterocycles. The fourth-order valence-electron chi connectivity index (χ4n) is 2.35. The maximum atomic E-state index is 12.0. The van der Waals surface area contributed by atoms with Crippen LogP contribution in [-0.4, -0.2) is 41.5 Å². The van der Waals surface area contributed by atoms with E-state index in [1.807, 2.05) is 19.2 Å². The van der Waals surface area contributed by atoms with Crippen molar-refractivity contribution in [3.63, 3.8) is 0 Å².